The topological polar surface area (TPSA) is 58.6 Å². The molecule has 0 saturated heterocycles. The number of halogens is 1. The molecular formula is C18H19ClN2O3S. The summed E-state index contributed by atoms with van der Waals surface area (Å²) in [5, 5.41) is 3.41. The third kappa shape index (κ3) is 5.99. The summed E-state index contributed by atoms with van der Waals surface area (Å²) >= 11 is 7.34. The second kappa shape index (κ2) is 9.34. The van der Waals surface area contributed by atoms with Crippen molar-refractivity contribution in [3.05, 3.63) is 53.6 Å². The van der Waals surface area contributed by atoms with Gasteiger partial charge in [0.05, 0.1) is 12.2 Å². The van der Waals surface area contributed by atoms with Crippen molar-refractivity contribution in [3.63, 3.8) is 0 Å². The molecule has 0 aliphatic carbocycles. The summed E-state index contributed by atoms with van der Waals surface area (Å²) in [5.41, 5.74) is 0.735. The van der Waals surface area contributed by atoms with Gasteiger partial charge in [0.2, 0.25) is 5.91 Å². The second-order valence-electron chi connectivity index (χ2n) is 5.24. The standard InChI is InChI=1S/C18H19ClN2O3S/c1-21(18(23)12-24-14-9-7-13(19)8-10-14)11-17(22)20-15-5-3-4-6-16(15)25-2/h3-10H,11-12H2,1-2H3,(H,20,22). The van der Waals surface area contributed by atoms with Crippen molar-refractivity contribution in [1.82, 2.24) is 4.90 Å². The third-order valence-electron chi connectivity index (χ3n) is 3.36. The zero-order valence-electron chi connectivity index (χ0n) is 14.0. The molecule has 0 atom stereocenters. The normalized spacial score (nSPS) is 10.2. The molecule has 0 bridgehead atoms. The van der Waals surface area contributed by atoms with Gasteiger partial charge >= 0.3 is 0 Å². The van der Waals surface area contributed by atoms with Gasteiger partial charge in [-0.15, -0.1) is 11.8 Å². The Bertz CT molecular complexity index is 737. The summed E-state index contributed by atoms with van der Waals surface area (Å²) in [6.45, 7) is -0.196. The van der Waals surface area contributed by atoms with Crippen molar-refractivity contribution < 1.29 is 14.3 Å². The van der Waals surface area contributed by atoms with Crippen molar-refractivity contribution in [2.45, 2.75) is 4.90 Å². The second-order valence-corrected chi connectivity index (χ2v) is 6.53. The van der Waals surface area contributed by atoms with Gasteiger partial charge in [0, 0.05) is 17.0 Å². The highest BCUT2D eigenvalue weighted by Crippen LogP contribution is 2.24. The lowest BCUT2D eigenvalue weighted by Crippen LogP contribution is -2.37. The van der Waals surface area contributed by atoms with Crippen molar-refractivity contribution in [1.29, 1.82) is 0 Å². The summed E-state index contributed by atoms with van der Waals surface area (Å²) in [7, 11) is 1.56. The summed E-state index contributed by atoms with van der Waals surface area (Å²) in [6.07, 6.45) is 1.94. The molecule has 0 fully saturated rings. The molecule has 7 heteroatoms. The number of carbonyl (C=O) groups is 2. The number of ether oxygens (including phenoxy) is 1. The first-order valence-electron chi connectivity index (χ1n) is 7.55. The van der Waals surface area contributed by atoms with E-state index >= 15 is 0 Å². The van der Waals surface area contributed by atoms with Crippen LogP contribution >= 0.6 is 23.4 Å². The van der Waals surface area contributed by atoms with E-state index in [1.807, 2.05) is 30.5 Å². The van der Waals surface area contributed by atoms with E-state index in [0.29, 0.717) is 10.8 Å². The molecule has 0 unspecified atom stereocenters. The quantitative estimate of drug-likeness (QED) is 0.749. The van der Waals surface area contributed by atoms with E-state index in [1.54, 1.807) is 43.1 Å². The summed E-state index contributed by atoms with van der Waals surface area (Å²) in [5.74, 6) is -0.00315. The Labute approximate surface area is 156 Å². The summed E-state index contributed by atoms with van der Waals surface area (Å²) in [4.78, 5) is 26.5. The number of rotatable bonds is 7. The van der Waals surface area contributed by atoms with Crippen molar-refractivity contribution in [2.24, 2.45) is 0 Å². The lowest BCUT2D eigenvalue weighted by atomic mass is 10.3. The van der Waals surface area contributed by atoms with Crippen LogP contribution in [0, 0.1) is 0 Å². The van der Waals surface area contributed by atoms with Gasteiger partial charge in [-0.05, 0) is 42.7 Å². The fourth-order valence-corrected chi connectivity index (χ4v) is 2.71. The van der Waals surface area contributed by atoms with Crippen molar-refractivity contribution >= 4 is 40.9 Å². The minimum atomic E-state index is -0.289. The predicted molar refractivity (Wildman–Crippen MR) is 101 cm³/mol. The van der Waals surface area contributed by atoms with E-state index in [4.69, 9.17) is 16.3 Å². The number of nitrogens with zero attached hydrogens (tertiary/aromatic N) is 1. The van der Waals surface area contributed by atoms with Crippen molar-refractivity contribution in [2.75, 3.05) is 31.8 Å². The smallest absolute Gasteiger partial charge is 0.260 e. The molecule has 5 nitrogen and oxygen atoms in total. The Balaban J connectivity index is 1.83. The molecular weight excluding hydrogens is 360 g/mol. The molecule has 0 radical (unpaired) electrons. The number of hydrogen-bond acceptors (Lipinski definition) is 4. The minimum Gasteiger partial charge on any atom is -0.484 e. The largest absolute Gasteiger partial charge is 0.484 e. The fraction of sp³-hybridized carbons (Fsp3) is 0.222. The van der Waals surface area contributed by atoms with E-state index in [9.17, 15) is 9.59 Å². The molecule has 2 amide bonds. The van der Waals surface area contributed by atoms with Gasteiger partial charge in [-0.2, -0.15) is 0 Å². The number of para-hydroxylation sites is 1. The van der Waals surface area contributed by atoms with Crippen LogP contribution in [0.4, 0.5) is 5.69 Å². The highest BCUT2D eigenvalue weighted by molar-refractivity contribution is 7.98. The van der Waals surface area contributed by atoms with E-state index in [2.05, 4.69) is 5.32 Å². The Hall–Kier alpha value is -2.18. The van der Waals surface area contributed by atoms with Gasteiger partial charge in [-0.1, -0.05) is 23.7 Å². The fourth-order valence-electron chi connectivity index (χ4n) is 2.03. The van der Waals surface area contributed by atoms with Crippen LogP contribution in [0.15, 0.2) is 53.4 Å². The number of nitrogens with one attached hydrogen (secondary N) is 1. The van der Waals surface area contributed by atoms with Gasteiger partial charge in [0.1, 0.15) is 5.75 Å². The molecule has 132 valence electrons. The van der Waals surface area contributed by atoms with Crippen LogP contribution < -0.4 is 10.1 Å². The zero-order valence-corrected chi connectivity index (χ0v) is 15.6. The number of likely N-dealkylation sites (N-methyl/N-ethyl adjacent to an activating group) is 1. The molecule has 0 aromatic heterocycles. The molecule has 2 aromatic carbocycles. The van der Waals surface area contributed by atoms with E-state index in [0.717, 1.165) is 10.6 Å². The molecule has 0 heterocycles. The number of anilines is 1. The van der Waals surface area contributed by atoms with Crippen LogP contribution in [0.3, 0.4) is 0 Å². The summed E-state index contributed by atoms with van der Waals surface area (Å²) < 4.78 is 5.40. The van der Waals surface area contributed by atoms with E-state index in [-0.39, 0.29) is 25.0 Å². The van der Waals surface area contributed by atoms with Gasteiger partial charge in [0.25, 0.3) is 5.91 Å². The number of benzene rings is 2. The van der Waals surface area contributed by atoms with E-state index in [1.165, 1.54) is 4.90 Å². The van der Waals surface area contributed by atoms with Crippen LogP contribution in [-0.4, -0.2) is 43.2 Å². The highest BCUT2D eigenvalue weighted by Gasteiger charge is 2.14. The first-order chi connectivity index (χ1) is 12.0. The predicted octanol–water partition coefficient (Wildman–Crippen LogP) is 3.54. The maximum Gasteiger partial charge on any atom is 0.260 e. The Kier molecular flexibility index (Phi) is 7.16. The minimum absolute atomic E-state index is 0.0501. The average molecular weight is 379 g/mol. The maximum atomic E-state index is 12.1. The highest BCUT2D eigenvalue weighted by atomic mass is 35.5. The lowest BCUT2D eigenvalue weighted by molar-refractivity contribution is -0.135. The molecule has 0 spiro atoms. The van der Waals surface area contributed by atoms with Gasteiger partial charge in [-0.25, -0.2) is 0 Å². The van der Waals surface area contributed by atoms with Crippen LogP contribution in [0.2, 0.25) is 5.02 Å². The third-order valence-corrected chi connectivity index (χ3v) is 4.41. The Morgan fingerprint density at radius 2 is 1.84 bits per heavy atom. The Morgan fingerprint density at radius 3 is 2.52 bits per heavy atom. The van der Waals surface area contributed by atoms with Gasteiger partial charge in [-0.3, -0.25) is 9.59 Å². The molecule has 2 rings (SSSR count). The number of carbonyl (C=O) groups excluding carboxylic acids is 2. The van der Waals surface area contributed by atoms with Gasteiger partial charge < -0.3 is 15.0 Å². The Morgan fingerprint density at radius 1 is 1.16 bits per heavy atom. The monoisotopic (exact) mass is 378 g/mol. The van der Waals surface area contributed by atoms with Crippen LogP contribution in [0.1, 0.15) is 0 Å². The maximum absolute atomic E-state index is 12.1. The van der Waals surface area contributed by atoms with Crippen molar-refractivity contribution in [3.8, 4) is 5.75 Å². The molecule has 25 heavy (non-hydrogen) atoms. The molecule has 0 aliphatic heterocycles. The molecule has 0 saturated carbocycles. The summed E-state index contributed by atoms with van der Waals surface area (Å²) in [6, 6.07) is 14.2. The molecule has 1 N–H and O–H groups in total. The van der Waals surface area contributed by atoms with Crippen LogP contribution in [0.5, 0.6) is 5.75 Å². The molecule has 2 aromatic rings. The number of hydrogen-bond donors (Lipinski definition) is 1. The lowest BCUT2D eigenvalue weighted by Gasteiger charge is -2.17. The average Bonchev–Trinajstić information content (AvgIpc) is 2.61. The SMILES string of the molecule is CSc1ccccc1NC(=O)CN(C)C(=O)COc1ccc(Cl)cc1. The number of amides is 2. The van der Waals surface area contributed by atoms with Gasteiger partial charge in [0.15, 0.2) is 6.61 Å². The first kappa shape index (κ1) is 19.1. The molecule has 0 aliphatic rings. The van der Waals surface area contributed by atoms with Crippen LogP contribution in [-0.2, 0) is 9.59 Å². The van der Waals surface area contributed by atoms with Crippen LogP contribution in [0.25, 0.3) is 0 Å². The zero-order chi connectivity index (χ0) is 18.2. The first-order valence-corrected chi connectivity index (χ1v) is 9.15. The number of thioether (sulfide) groups is 1. The van der Waals surface area contributed by atoms with E-state index < -0.39 is 0 Å².